The van der Waals surface area contributed by atoms with Gasteiger partial charge in [0, 0.05) is 12.1 Å². The smallest absolute Gasteiger partial charge is 0.407 e. The normalized spacial score (nSPS) is 11.0. The molecule has 0 saturated carbocycles. The van der Waals surface area contributed by atoms with E-state index in [2.05, 4.69) is 5.32 Å². The number of carbonyl (C=O) groups excluding carboxylic acids is 1. The lowest BCUT2D eigenvalue weighted by Crippen LogP contribution is -2.32. The van der Waals surface area contributed by atoms with Crippen LogP contribution in [0.2, 0.25) is 0 Å². The number of ether oxygens (including phenoxy) is 1. The number of benzene rings is 1. The van der Waals surface area contributed by atoms with E-state index in [1.165, 1.54) is 0 Å². The molecular formula is C15H23N3O2. The standard InChI is InChI=1S/C15H23N3O2/c1-5-10-8-11(13(16)17)6-7-12(10)9-18-14(19)20-15(2,3)4/h6-8H,5,9H2,1-4H3,(H3,16,17)(H,18,19). The van der Waals surface area contributed by atoms with Crippen LogP contribution in [0, 0.1) is 5.41 Å². The summed E-state index contributed by atoms with van der Waals surface area (Å²) in [4.78, 5) is 11.6. The van der Waals surface area contributed by atoms with Crippen molar-refractivity contribution in [1.29, 1.82) is 5.41 Å². The fraction of sp³-hybridized carbons (Fsp3) is 0.467. The van der Waals surface area contributed by atoms with E-state index in [4.69, 9.17) is 15.9 Å². The predicted molar refractivity (Wildman–Crippen MR) is 79.9 cm³/mol. The van der Waals surface area contributed by atoms with Gasteiger partial charge in [-0.1, -0.05) is 19.1 Å². The number of nitrogen functional groups attached to an aromatic ring is 1. The average Bonchev–Trinajstić information content (AvgIpc) is 2.33. The van der Waals surface area contributed by atoms with Gasteiger partial charge in [0.25, 0.3) is 0 Å². The van der Waals surface area contributed by atoms with Crippen molar-refractivity contribution in [3.8, 4) is 0 Å². The van der Waals surface area contributed by atoms with Crippen LogP contribution in [-0.2, 0) is 17.7 Å². The van der Waals surface area contributed by atoms with E-state index in [0.29, 0.717) is 12.1 Å². The van der Waals surface area contributed by atoms with Gasteiger partial charge in [-0.3, -0.25) is 5.41 Å². The third-order valence-electron chi connectivity index (χ3n) is 2.72. The Morgan fingerprint density at radius 2 is 2.00 bits per heavy atom. The maximum Gasteiger partial charge on any atom is 0.407 e. The molecule has 0 heterocycles. The topological polar surface area (TPSA) is 88.2 Å². The average molecular weight is 277 g/mol. The van der Waals surface area contributed by atoms with Gasteiger partial charge in [-0.15, -0.1) is 0 Å². The summed E-state index contributed by atoms with van der Waals surface area (Å²) in [5, 5.41) is 10.2. The second-order valence-electron chi connectivity index (χ2n) is 5.61. The number of amidine groups is 1. The van der Waals surface area contributed by atoms with E-state index >= 15 is 0 Å². The van der Waals surface area contributed by atoms with Crippen molar-refractivity contribution in [2.45, 2.75) is 46.3 Å². The summed E-state index contributed by atoms with van der Waals surface area (Å²) in [5.41, 5.74) is 7.73. The molecule has 110 valence electrons. The predicted octanol–water partition coefficient (Wildman–Crippen LogP) is 2.56. The highest BCUT2D eigenvalue weighted by molar-refractivity contribution is 5.95. The lowest BCUT2D eigenvalue weighted by molar-refractivity contribution is 0.0523. The van der Waals surface area contributed by atoms with Crippen LogP contribution >= 0.6 is 0 Å². The van der Waals surface area contributed by atoms with Crippen LogP contribution in [0.5, 0.6) is 0 Å². The van der Waals surface area contributed by atoms with Gasteiger partial charge in [-0.2, -0.15) is 0 Å². The number of hydrogen-bond acceptors (Lipinski definition) is 3. The summed E-state index contributed by atoms with van der Waals surface area (Å²) >= 11 is 0. The number of nitrogens with two attached hydrogens (primary N) is 1. The van der Waals surface area contributed by atoms with Gasteiger partial charge in [0.1, 0.15) is 11.4 Å². The first-order chi connectivity index (χ1) is 9.23. The number of aryl methyl sites for hydroxylation is 1. The van der Waals surface area contributed by atoms with Crippen molar-refractivity contribution < 1.29 is 9.53 Å². The van der Waals surface area contributed by atoms with E-state index in [0.717, 1.165) is 17.5 Å². The molecule has 0 spiro atoms. The van der Waals surface area contributed by atoms with Gasteiger partial charge in [-0.25, -0.2) is 4.79 Å². The molecule has 1 rings (SSSR count). The monoisotopic (exact) mass is 277 g/mol. The molecule has 0 aromatic heterocycles. The second kappa shape index (κ2) is 6.41. The van der Waals surface area contributed by atoms with E-state index in [-0.39, 0.29) is 5.84 Å². The molecule has 0 unspecified atom stereocenters. The number of amides is 1. The van der Waals surface area contributed by atoms with Crippen molar-refractivity contribution in [2.24, 2.45) is 5.73 Å². The Morgan fingerprint density at radius 3 is 2.50 bits per heavy atom. The van der Waals surface area contributed by atoms with Crippen molar-refractivity contribution in [1.82, 2.24) is 5.32 Å². The SMILES string of the molecule is CCc1cc(C(=N)N)ccc1CNC(=O)OC(C)(C)C. The van der Waals surface area contributed by atoms with E-state index < -0.39 is 11.7 Å². The van der Waals surface area contributed by atoms with Gasteiger partial charge in [-0.05, 0) is 44.4 Å². The van der Waals surface area contributed by atoms with Gasteiger partial charge >= 0.3 is 6.09 Å². The summed E-state index contributed by atoms with van der Waals surface area (Å²) in [6, 6.07) is 5.55. The Kier molecular flexibility index (Phi) is 5.13. The van der Waals surface area contributed by atoms with Crippen LogP contribution in [0.15, 0.2) is 18.2 Å². The maximum atomic E-state index is 11.6. The Balaban J connectivity index is 2.73. The highest BCUT2D eigenvalue weighted by Gasteiger charge is 2.16. The molecule has 1 amide bonds. The number of carbonyl (C=O) groups is 1. The van der Waals surface area contributed by atoms with E-state index in [9.17, 15) is 4.79 Å². The molecule has 4 N–H and O–H groups in total. The molecule has 0 atom stereocenters. The zero-order chi connectivity index (χ0) is 15.3. The molecule has 0 bridgehead atoms. The molecule has 0 radical (unpaired) electrons. The summed E-state index contributed by atoms with van der Waals surface area (Å²) in [6.07, 6.45) is 0.377. The minimum absolute atomic E-state index is 0.0475. The fourth-order valence-electron chi connectivity index (χ4n) is 1.78. The zero-order valence-electron chi connectivity index (χ0n) is 12.5. The lowest BCUT2D eigenvalue weighted by atomic mass is 10.0. The first-order valence-electron chi connectivity index (χ1n) is 6.66. The number of hydrogen-bond donors (Lipinski definition) is 3. The minimum atomic E-state index is -0.504. The molecule has 0 saturated heterocycles. The molecule has 20 heavy (non-hydrogen) atoms. The first-order valence-corrected chi connectivity index (χ1v) is 6.66. The highest BCUT2D eigenvalue weighted by Crippen LogP contribution is 2.13. The van der Waals surface area contributed by atoms with Crippen LogP contribution in [-0.4, -0.2) is 17.5 Å². The maximum absolute atomic E-state index is 11.6. The molecular weight excluding hydrogens is 254 g/mol. The quantitative estimate of drug-likeness (QED) is 0.583. The zero-order valence-corrected chi connectivity index (χ0v) is 12.5. The fourth-order valence-corrected chi connectivity index (χ4v) is 1.78. The van der Waals surface area contributed by atoms with E-state index in [1.807, 2.05) is 39.8 Å². The Bertz CT molecular complexity index is 504. The Labute approximate surface area is 120 Å². The molecule has 5 heteroatoms. The number of nitrogens with one attached hydrogen (secondary N) is 2. The lowest BCUT2D eigenvalue weighted by Gasteiger charge is -2.20. The number of alkyl carbamates (subject to hydrolysis) is 1. The molecule has 0 fully saturated rings. The number of rotatable bonds is 4. The van der Waals surface area contributed by atoms with Crippen LogP contribution in [0.4, 0.5) is 4.79 Å². The summed E-state index contributed by atoms with van der Waals surface area (Å²) in [5.74, 6) is 0.0475. The van der Waals surface area contributed by atoms with Crippen molar-refractivity contribution in [2.75, 3.05) is 0 Å². The van der Waals surface area contributed by atoms with E-state index in [1.54, 1.807) is 6.07 Å². The van der Waals surface area contributed by atoms with Gasteiger partial charge < -0.3 is 15.8 Å². The Morgan fingerprint density at radius 1 is 1.35 bits per heavy atom. The summed E-state index contributed by atoms with van der Waals surface area (Å²) in [6.45, 7) is 7.90. The molecule has 0 aliphatic rings. The third kappa shape index (κ3) is 4.91. The minimum Gasteiger partial charge on any atom is -0.444 e. The second-order valence-corrected chi connectivity index (χ2v) is 5.61. The van der Waals surface area contributed by atoms with Gasteiger partial charge in [0.05, 0.1) is 0 Å². The van der Waals surface area contributed by atoms with Crippen molar-refractivity contribution >= 4 is 11.9 Å². The van der Waals surface area contributed by atoms with Crippen LogP contribution in [0.25, 0.3) is 0 Å². The van der Waals surface area contributed by atoms with Crippen molar-refractivity contribution in [3.63, 3.8) is 0 Å². The largest absolute Gasteiger partial charge is 0.444 e. The third-order valence-corrected chi connectivity index (χ3v) is 2.72. The van der Waals surface area contributed by atoms with Crippen molar-refractivity contribution in [3.05, 3.63) is 34.9 Å². The Hall–Kier alpha value is -2.04. The van der Waals surface area contributed by atoms with Gasteiger partial charge in [0.15, 0.2) is 0 Å². The first kappa shape index (κ1) is 16.0. The van der Waals surface area contributed by atoms with Crippen LogP contribution < -0.4 is 11.1 Å². The molecule has 5 nitrogen and oxygen atoms in total. The summed E-state index contributed by atoms with van der Waals surface area (Å²) in [7, 11) is 0. The highest BCUT2D eigenvalue weighted by atomic mass is 16.6. The molecule has 1 aromatic carbocycles. The molecule has 0 aliphatic carbocycles. The molecule has 0 aliphatic heterocycles. The molecule has 1 aromatic rings. The van der Waals surface area contributed by atoms with Gasteiger partial charge in [0.2, 0.25) is 0 Å². The summed E-state index contributed by atoms with van der Waals surface area (Å²) < 4.78 is 5.19. The van der Waals surface area contributed by atoms with Crippen LogP contribution in [0.3, 0.4) is 0 Å². The van der Waals surface area contributed by atoms with Crippen LogP contribution in [0.1, 0.15) is 44.4 Å².